The van der Waals surface area contributed by atoms with Gasteiger partial charge in [0.15, 0.2) is 12.6 Å². The number of aldehydes is 1. The van der Waals surface area contributed by atoms with Crippen molar-refractivity contribution < 1.29 is 48.2 Å². The molecule has 0 amide bonds. The Morgan fingerprint density at radius 3 is 2.47 bits per heavy atom. The van der Waals surface area contributed by atoms with Gasteiger partial charge >= 0.3 is 5.97 Å². The van der Waals surface area contributed by atoms with Crippen molar-refractivity contribution in [3.63, 3.8) is 0 Å². The Morgan fingerprint density at radius 1 is 0.957 bits per heavy atom. The predicted octanol–water partition coefficient (Wildman–Crippen LogP) is 4.55. The van der Waals surface area contributed by atoms with Crippen molar-refractivity contribution in [2.75, 3.05) is 13.7 Å². The minimum absolute atomic E-state index is 0.0789. The van der Waals surface area contributed by atoms with Crippen LogP contribution in [0.2, 0.25) is 0 Å². The molecule has 2 saturated heterocycles. The van der Waals surface area contributed by atoms with Gasteiger partial charge in [-0.2, -0.15) is 0 Å². The van der Waals surface area contributed by atoms with Crippen LogP contribution in [0, 0.1) is 28.6 Å². The van der Waals surface area contributed by atoms with E-state index in [2.05, 4.69) is 6.92 Å². The number of carbonyl (C=O) groups is 2. The molecule has 7 aliphatic rings. The van der Waals surface area contributed by atoms with E-state index in [1.165, 1.54) is 0 Å². The first kappa shape index (κ1) is 31.9. The van der Waals surface area contributed by atoms with Gasteiger partial charge in [-0.1, -0.05) is 19.1 Å². The first-order valence-electron chi connectivity index (χ1n) is 17.6. The van der Waals surface area contributed by atoms with Crippen molar-refractivity contribution in [1.82, 2.24) is 0 Å². The van der Waals surface area contributed by atoms with E-state index in [4.69, 9.17) is 28.4 Å². The maximum Gasteiger partial charge on any atom is 0.331 e. The Morgan fingerprint density at radius 2 is 1.74 bits per heavy atom. The molecule has 8 rings (SSSR count). The summed E-state index contributed by atoms with van der Waals surface area (Å²) in [5.41, 5.74) is -1.62. The minimum Gasteiger partial charge on any atom is -0.497 e. The van der Waals surface area contributed by atoms with Crippen LogP contribution in [0.1, 0.15) is 89.9 Å². The van der Waals surface area contributed by atoms with Crippen LogP contribution in [0.15, 0.2) is 35.9 Å². The quantitative estimate of drug-likeness (QED) is 0.257. The number of benzene rings is 1. The number of methoxy groups -OCH3 is 1. The van der Waals surface area contributed by atoms with Crippen LogP contribution in [-0.4, -0.2) is 78.1 Å². The second-order valence-corrected chi connectivity index (χ2v) is 15.6. The topological polar surface area (TPSA) is 130 Å². The van der Waals surface area contributed by atoms with Crippen LogP contribution >= 0.6 is 0 Å². The van der Waals surface area contributed by atoms with E-state index < -0.39 is 34.6 Å². The van der Waals surface area contributed by atoms with E-state index in [9.17, 15) is 19.8 Å². The molecule has 6 fully saturated rings. The standard InChI is InChI=1S/C37H48O10/c1-21-32-29(46-33(47-32)22-4-6-24(42-3)7-5-22)17-31(44-21)45-25-8-13-35(20-38)27-9-12-34(2)26(23-16-30(39)43-19-23)11-15-37(34,41)28(27)10-14-36(35,40)18-25/h4-7,16,20-21,25-29,31-33,40-41H,8-15,17-19H2,1-3H3/t21-,25+,26-,27+,28-,29-,31+,32-,33-,34-,35+,36+,37+/m1/s1. The summed E-state index contributed by atoms with van der Waals surface area (Å²) < 4.78 is 36.0. The minimum atomic E-state index is -1.22. The largest absolute Gasteiger partial charge is 0.497 e. The molecule has 13 atom stereocenters. The van der Waals surface area contributed by atoms with Crippen LogP contribution in [0.5, 0.6) is 5.75 Å². The average Bonchev–Trinajstić information content (AvgIpc) is 3.76. The Hall–Kier alpha value is -2.34. The zero-order chi connectivity index (χ0) is 32.8. The third-order valence-electron chi connectivity index (χ3n) is 13.8. The molecule has 10 heteroatoms. The Bertz CT molecular complexity index is 1430. The van der Waals surface area contributed by atoms with Gasteiger partial charge in [-0.05, 0) is 93.7 Å². The molecule has 3 heterocycles. The third-order valence-corrected chi connectivity index (χ3v) is 13.8. The lowest BCUT2D eigenvalue weighted by Crippen LogP contribution is -2.69. The highest BCUT2D eigenvalue weighted by atomic mass is 16.8. The zero-order valence-electron chi connectivity index (χ0n) is 27.6. The molecule has 10 nitrogen and oxygen atoms in total. The van der Waals surface area contributed by atoms with Crippen LogP contribution in [0.25, 0.3) is 0 Å². The normalized spacial score (nSPS) is 48.8. The second-order valence-electron chi connectivity index (χ2n) is 15.6. The lowest BCUT2D eigenvalue weighted by Gasteiger charge is -2.65. The third kappa shape index (κ3) is 4.72. The summed E-state index contributed by atoms with van der Waals surface area (Å²) in [5, 5.41) is 24.9. The average molecular weight is 653 g/mol. The van der Waals surface area contributed by atoms with Crippen molar-refractivity contribution in [3.05, 3.63) is 41.5 Å². The van der Waals surface area contributed by atoms with Gasteiger partial charge in [0.2, 0.25) is 0 Å². The number of fused-ring (bicyclic) bond motifs is 6. The molecule has 256 valence electrons. The van der Waals surface area contributed by atoms with Gasteiger partial charge in [0.05, 0.1) is 42.0 Å². The predicted molar refractivity (Wildman–Crippen MR) is 167 cm³/mol. The zero-order valence-corrected chi connectivity index (χ0v) is 27.6. The van der Waals surface area contributed by atoms with Crippen molar-refractivity contribution >= 4 is 12.3 Å². The fourth-order valence-corrected chi connectivity index (χ4v) is 11.3. The summed E-state index contributed by atoms with van der Waals surface area (Å²) in [6.07, 6.45) is 6.74. The van der Waals surface area contributed by atoms with Crippen LogP contribution in [0.3, 0.4) is 0 Å². The molecule has 2 N–H and O–H groups in total. The molecular weight excluding hydrogens is 604 g/mol. The van der Waals surface area contributed by atoms with Gasteiger partial charge in [-0.3, -0.25) is 0 Å². The van der Waals surface area contributed by atoms with Crippen molar-refractivity contribution in [2.45, 2.75) is 126 Å². The molecule has 0 aromatic heterocycles. The number of hydrogen-bond donors (Lipinski definition) is 2. The van der Waals surface area contributed by atoms with E-state index in [1.807, 2.05) is 31.2 Å². The molecule has 3 aliphatic heterocycles. The van der Waals surface area contributed by atoms with Gasteiger partial charge < -0.3 is 43.4 Å². The monoisotopic (exact) mass is 652 g/mol. The van der Waals surface area contributed by atoms with Gasteiger partial charge in [0.25, 0.3) is 0 Å². The van der Waals surface area contributed by atoms with Gasteiger partial charge in [0.1, 0.15) is 24.7 Å². The smallest absolute Gasteiger partial charge is 0.331 e. The Kier molecular flexibility index (Phi) is 7.70. The number of carbonyl (C=O) groups excluding carboxylic acids is 2. The molecule has 4 saturated carbocycles. The fraction of sp³-hybridized carbons (Fsp3) is 0.730. The van der Waals surface area contributed by atoms with E-state index in [0.29, 0.717) is 51.6 Å². The molecule has 0 radical (unpaired) electrons. The molecular formula is C37H48O10. The van der Waals surface area contributed by atoms with Crippen molar-refractivity contribution in [3.8, 4) is 5.75 Å². The summed E-state index contributed by atoms with van der Waals surface area (Å²) >= 11 is 0. The lowest BCUT2D eigenvalue weighted by molar-refractivity contribution is -0.278. The van der Waals surface area contributed by atoms with Crippen LogP contribution < -0.4 is 4.74 Å². The van der Waals surface area contributed by atoms with E-state index in [1.54, 1.807) is 13.2 Å². The summed E-state index contributed by atoms with van der Waals surface area (Å²) in [4.78, 5) is 25.1. The first-order chi connectivity index (χ1) is 22.5. The number of esters is 1. The van der Waals surface area contributed by atoms with Crippen LogP contribution in [-0.2, 0) is 33.3 Å². The SMILES string of the molecule is COc1ccc([C@H]2O[C@@H]3[C@@H](C)O[C@@H](O[C@H]4CC[C@]5(C=O)[C@H]6CC[C@]7(C)[C@@H](C8=CC(=O)OC8)CC[C@]7(O)[C@@H]6CC[C@]5(O)C4)C[C@H]3O2)cc1. The molecule has 1 aromatic carbocycles. The Balaban J connectivity index is 0.948. The van der Waals surface area contributed by atoms with Gasteiger partial charge in [-0.25, -0.2) is 4.79 Å². The molecule has 0 unspecified atom stereocenters. The molecule has 0 spiro atoms. The van der Waals surface area contributed by atoms with Crippen molar-refractivity contribution in [2.24, 2.45) is 28.6 Å². The number of hydrogen-bond acceptors (Lipinski definition) is 10. The highest BCUT2D eigenvalue weighted by Crippen LogP contribution is 2.70. The summed E-state index contributed by atoms with van der Waals surface area (Å²) in [5.74, 6) is 0.342. The lowest BCUT2D eigenvalue weighted by atomic mass is 9.41. The maximum absolute atomic E-state index is 13.2. The summed E-state index contributed by atoms with van der Waals surface area (Å²) in [6.45, 7) is 4.44. The Labute approximate surface area is 276 Å². The fourth-order valence-electron chi connectivity index (χ4n) is 11.3. The molecule has 4 aliphatic carbocycles. The van der Waals surface area contributed by atoms with Crippen LogP contribution in [0.4, 0.5) is 0 Å². The molecule has 47 heavy (non-hydrogen) atoms. The van der Waals surface area contributed by atoms with E-state index in [-0.39, 0.29) is 48.1 Å². The van der Waals surface area contributed by atoms with E-state index in [0.717, 1.165) is 42.4 Å². The summed E-state index contributed by atoms with van der Waals surface area (Å²) in [6, 6.07) is 7.66. The maximum atomic E-state index is 13.2. The van der Waals surface area contributed by atoms with Crippen molar-refractivity contribution in [1.29, 1.82) is 0 Å². The number of rotatable bonds is 6. The first-order valence-corrected chi connectivity index (χ1v) is 17.6. The number of aliphatic hydroxyl groups is 2. The summed E-state index contributed by atoms with van der Waals surface area (Å²) in [7, 11) is 1.64. The van der Waals surface area contributed by atoms with Gasteiger partial charge in [0, 0.05) is 29.9 Å². The van der Waals surface area contributed by atoms with E-state index >= 15 is 0 Å². The molecule has 1 aromatic rings. The number of cyclic esters (lactones) is 1. The highest BCUT2D eigenvalue weighted by Gasteiger charge is 2.71. The van der Waals surface area contributed by atoms with Gasteiger partial charge in [-0.15, -0.1) is 0 Å². The second kappa shape index (κ2) is 11.4. The highest BCUT2D eigenvalue weighted by molar-refractivity contribution is 5.85. The number of ether oxygens (including phenoxy) is 6. The molecule has 0 bridgehead atoms.